The Balaban J connectivity index is 1.43. The lowest BCUT2D eigenvalue weighted by Gasteiger charge is -2.21. The summed E-state index contributed by atoms with van der Waals surface area (Å²) in [5.74, 6) is -2.67. The summed E-state index contributed by atoms with van der Waals surface area (Å²) in [6.07, 6.45) is 17.3. The molecule has 1 radical (unpaired) electrons. The summed E-state index contributed by atoms with van der Waals surface area (Å²) in [4.78, 5) is 12.5. The van der Waals surface area contributed by atoms with Crippen molar-refractivity contribution in [3.8, 4) is 11.5 Å². The molecule has 5 heteroatoms. The Kier molecular flexibility index (Phi) is 11.5. The van der Waals surface area contributed by atoms with Crippen LogP contribution in [0.1, 0.15) is 112 Å². The standard InChI is InChI=1S/C30H39F2O3/c1-2-3-4-5-6-7-8-9-13-22-34-27-21-20-26(28(31)29(27)32)30(33)35-25-18-16-24(17-19-25)23-14-11-10-12-15-23/h10,16-21,23H,2-9,11-15,22H2,1H3. The molecule has 1 aliphatic rings. The van der Waals surface area contributed by atoms with Crippen LogP contribution in [-0.2, 0) is 0 Å². The Labute approximate surface area is 209 Å². The molecule has 0 atom stereocenters. The molecule has 2 aromatic rings. The minimum atomic E-state index is -1.24. The number of benzene rings is 2. The first-order chi connectivity index (χ1) is 17.1. The molecule has 0 amide bonds. The third-order valence-electron chi connectivity index (χ3n) is 6.77. The van der Waals surface area contributed by atoms with E-state index in [1.54, 1.807) is 12.1 Å². The highest BCUT2D eigenvalue weighted by Gasteiger charge is 2.22. The largest absolute Gasteiger partial charge is 0.490 e. The molecule has 35 heavy (non-hydrogen) atoms. The summed E-state index contributed by atoms with van der Waals surface area (Å²) in [6, 6.07) is 9.83. The maximum absolute atomic E-state index is 14.6. The molecular weight excluding hydrogens is 446 g/mol. The number of unbranched alkanes of at least 4 members (excludes halogenated alkanes) is 8. The number of esters is 1. The van der Waals surface area contributed by atoms with Crippen molar-refractivity contribution < 1.29 is 23.0 Å². The summed E-state index contributed by atoms with van der Waals surface area (Å²) in [5.41, 5.74) is 0.772. The van der Waals surface area contributed by atoms with Gasteiger partial charge in [-0.05, 0) is 74.3 Å². The normalized spacial score (nSPS) is 14.1. The molecule has 0 heterocycles. The van der Waals surface area contributed by atoms with Crippen molar-refractivity contribution >= 4 is 5.97 Å². The lowest BCUT2D eigenvalue weighted by Crippen LogP contribution is -2.13. The van der Waals surface area contributed by atoms with Gasteiger partial charge >= 0.3 is 5.97 Å². The molecule has 0 N–H and O–H groups in total. The summed E-state index contributed by atoms with van der Waals surface area (Å²) in [6.45, 7) is 2.53. The second kappa shape index (κ2) is 14.9. The summed E-state index contributed by atoms with van der Waals surface area (Å²) < 4.78 is 39.8. The van der Waals surface area contributed by atoms with Crippen LogP contribution in [0.4, 0.5) is 8.78 Å². The lowest BCUT2D eigenvalue weighted by atomic mass is 9.84. The maximum Gasteiger partial charge on any atom is 0.346 e. The molecule has 3 rings (SSSR count). The number of hydrogen-bond donors (Lipinski definition) is 0. The minimum absolute atomic E-state index is 0.173. The van der Waals surface area contributed by atoms with Gasteiger partial charge in [-0.3, -0.25) is 0 Å². The Morgan fingerprint density at radius 2 is 1.46 bits per heavy atom. The van der Waals surface area contributed by atoms with Crippen molar-refractivity contribution in [3.63, 3.8) is 0 Å². The van der Waals surface area contributed by atoms with Gasteiger partial charge < -0.3 is 9.47 Å². The van der Waals surface area contributed by atoms with Gasteiger partial charge in [-0.2, -0.15) is 4.39 Å². The van der Waals surface area contributed by atoms with Crippen LogP contribution >= 0.6 is 0 Å². The first-order valence-electron chi connectivity index (χ1n) is 13.3. The predicted molar refractivity (Wildman–Crippen MR) is 136 cm³/mol. The van der Waals surface area contributed by atoms with E-state index in [1.165, 1.54) is 56.2 Å². The van der Waals surface area contributed by atoms with E-state index >= 15 is 0 Å². The number of rotatable bonds is 14. The first-order valence-corrected chi connectivity index (χ1v) is 13.3. The van der Waals surface area contributed by atoms with Crippen LogP contribution in [-0.4, -0.2) is 12.6 Å². The maximum atomic E-state index is 14.6. The van der Waals surface area contributed by atoms with Gasteiger partial charge in [0, 0.05) is 0 Å². The molecule has 0 saturated heterocycles. The average molecular weight is 486 g/mol. The SMILES string of the molecule is CCCCCCCCCCCOc1ccc(C(=O)Oc2ccc(C3CC[CH]CC3)cc2)c(F)c1F. The zero-order chi connectivity index (χ0) is 24.9. The molecule has 2 aromatic carbocycles. The molecule has 0 aliphatic heterocycles. The first kappa shape index (κ1) is 27.2. The molecule has 1 fully saturated rings. The van der Waals surface area contributed by atoms with Crippen molar-refractivity contribution in [2.45, 2.75) is 96.3 Å². The summed E-state index contributed by atoms with van der Waals surface area (Å²) >= 11 is 0. The second-order valence-electron chi connectivity index (χ2n) is 9.51. The average Bonchev–Trinajstić information content (AvgIpc) is 2.88. The van der Waals surface area contributed by atoms with Crippen LogP contribution in [0.25, 0.3) is 0 Å². The van der Waals surface area contributed by atoms with Crippen molar-refractivity contribution in [2.75, 3.05) is 6.61 Å². The van der Waals surface area contributed by atoms with Crippen LogP contribution in [0.5, 0.6) is 11.5 Å². The molecule has 0 unspecified atom stereocenters. The molecule has 3 nitrogen and oxygen atoms in total. The van der Waals surface area contributed by atoms with Crippen LogP contribution in [0.3, 0.4) is 0 Å². The monoisotopic (exact) mass is 485 g/mol. The van der Waals surface area contributed by atoms with Crippen molar-refractivity contribution in [1.29, 1.82) is 0 Å². The van der Waals surface area contributed by atoms with Gasteiger partial charge in [0.15, 0.2) is 11.6 Å². The third-order valence-corrected chi connectivity index (χ3v) is 6.77. The number of carbonyl (C=O) groups is 1. The van der Waals surface area contributed by atoms with Crippen LogP contribution < -0.4 is 9.47 Å². The topological polar surface area (TPSA) is 35.5 Å². The van der Waals surface area contributed by atoms with Crippen molar-refractivity contribution in [1.82, 2.24) is 0 Å². The molecular formula is C30H39F2O3. The zero-order valence-electron chi connectivity index (χ0n) is 21.0. The minimum Gasteiger partial charge on any atom is -0.490 e. The van der Waals surface area contributed by atoms with Gasteiger partial charge in [-0.15, -0.1) is 0 Å². The molecule has 191 valence electrons. The van der Waals surface area contributed by atoms with E-state index in [2.05, 4.69) is 13.3 Å². The number of halogens is 2. The van der Waals surface area contributed by atoms with Crippen LogP contribution in [0, 0.1) is 18.1 Å². The zero-order valence-corrected chi connectivity index (χ0v) is 21.0. The molecule has 1 saturated carbocycles. The van der Waals surface area contributed by atoms with Gasteiger partial charge in [0.2, 0.25) is 5.82 Å². The van der Waals surface area contributed by atoms with E-state index in [0.29, 0.717) is 18.3 Å². The van der Waals surface area contributed by atoms with Gasteiger partial charge in [0.05, 0.1) is 12.2 Å². The highest BCUT2D eigenvalue weighted by atomic mass is 19.2. The predicted octanol–water partition coefficient (Wildman–Crippen LogP) is 8.96. The van der Waals surface area contributed by atoms with Crippen molar-refractivity contribution in [3.05, 3.63) is 65.6 Å². The van der Waals surface area contributed by atoms with E-state index in [-0.39, 0.29) is 5.75 Å². The van der Waals surface area contributed by atoms with Gasteiger partial charge in [-0.25, -0.2) is 9.18 Å². The fourth-order valence-electron chi connectivity index (χ4n) is 4.63. The molecule has 0 spiro atoms. The lowest BCUT2D eigenvalue weighted by molar-refractivity contribution is 0.0728. The Morgan fingerprint density at radius 3 is 2.11 bits per heavy atom. The fraction of sp³-hybridized carbons (Fsp3) is 0.533. The third kappa shape index (κ3) is 8.63. The van der Waals surface area contributed by atoms with E-state index < -0.39 is 23.2 Å². The van der Waals surface area contributed by atoms with Crippen LogP contribution in [0.15, 0.2) is 36.4 Å². The molecule has 0 bridgehead atoms. The molecule has 1 aliphatic carbocycles. The van der Waals surface area contributed by atoms with Crippen molar-refractivity contribution in [2.24, 2.45) is 0 Å². The van der Waals surface area contributed by atoms with Crippen LogP contribution in [0.2, 0.25) is 0 Å². The van der Waals surface area contributed by atoms with E-state index in [0.717, 1.165) is 44.9 Å². The summed E-state index contributed by atoms with van der Waals surface area (Å²) in [7, 11) is 0. The summed E-state index contributed by atoms with van der Waals surface area (Å²) in [5, 5.41) is 0. The van der Waals surface area contributed by atoms with E-state index in [4.69, 9.17) is 9.47 Å². The second-order valence-corrected chi connectivity index (χ2v) is 9.51. The van der Waals surface area contributed by atoms with E-state index in [9.17, 15) is 13.6 Å². The number of hydrogen-bond acceptors (Lipinski definition) is 3. The quantitative estimate of drug-likeness (QED) is 0.152. The van der Waals surface area contributed by atoms with Gasteiger partial charge in [-0.1, -0.05) is 70.4 Å². The van der Waals surface area contributed by atoms with E-state index in [1.807, 2.05) is 12.1 Å². The highest BCUT2D eigenvalue weighted by Crippen LogP contribution is 2.33. The smallest absolute Gasteiger partial charge is 0.346 e. The Hall–Kier alpha value is -2.43. The van der Waals surface area contributed by atoms with Gasteiger partial charge in [0.25, 0.3) is 0 Å². The highest BCUT2D eigenvalue weighted by molar-refractivity contribution is 5.91. The van der Waals surface area contributed by atoms with Gasteiger partial charge in [0.1, 0.15) is 5.75 Å². The number of ether oxygens (including phenoxy) is 2. The molecule has 0 aromatic heterocycles. The Morgan fingerprint density at radius 1 is 0.829 bits per heavy atom. The fourth-order valence-corrected chi connectivity index (χ4v) is 4.63. The number of carbonyl (C=O) groups excluding carboxylic acids is 1. The Bertz CT molecular complexity index is 905.